The van der Waals surface area contributed by atoms with Gasteiger partial charge in [-0.1, -0.05) is 10.4 Å². The molecule has 0 spiro atoms. The Labute approximate surface area is 58.9 Å². The van der Waals surface area contributed by atoms with Crippen molar-refractivity contribution in [3.8, 4) is 0 Å². The molecule has 0 fully saturated rings. The first-order valence-corrected chi connectivity index (χ1v) is 3.32. The van der Waals surface area contributed by atoms with E-state index in [0.717, 1.165) is 0 Å². The Balaban J connectivity index is 0. The van der Waals surface area contributed by atoms with E-state index >= 15 is 0 Å². The smallest absolute Gasteiger partial charge is 0.344 e. The highest BCUT2D eigenvalue weighted by atomic mass is 32.3. The molecule has 0 aromatic rings. The molecule has 0 saturated carbocycles. The van der Waals surface area contributed by atoms with Crippen molar-refractivity contribution in [3.05, 3.63) is 12.7 Å². The molecule has 0 heterocycles. The van der Waals surface area contributed by atoms with Crippen LogP contribution < -0.4 is 6.15 Å². The SMILES string of the molecule is C=CCOOS(=O)(=O)O.N. The summed E-state index contributed by atoms with van der Waals surface area (Å²) in [7, 11) is -4.47. The maximum absolute atomic E-state index is 9.68. The maximum Gasteiger partial charge on any atom is 0.424 e. The van der Waals surface area contributed by atoms with Crippen LogP contribution in [0.3, 0.4) is 0 Å². The number of rotatable bonds is 4. The van der Waals surface area contributed by atoms with Gasteiger partial charge in [-0.2, -0.15) is 8.42 Å². The van der Waals surface area contributed by atoms with E-state index < -0.39 is 10.4 Å². The predicted octanol–water partition coefficient (Wildman–Crippen LogP) is 0.0854. The van der Waals surface area contributed by atoms with Gasteiger partial charge in [-0.25, -0.2) is 4.89 Å². The van der Waals surface area contributed by atoms with E-state index in [9.17, 15) is 8.42 Å². The summed E-state index contributed by atoms with van der Waals surface area (Å²) in [5.74, 6) is 0. The molecule has 0 unspecified atom stereocenters. The second-order valence-corrected chi connectivity index (χ2v) is 2.06. The fraction of sp³-hybridized carbons (Fsp3) is 0.333. The quantitative estimate of drug-likeness (QED) is 0.204. The van der Waals surface area contributed by atoms with Crippen molar-refractivity contribution in [2.45, 2.75) is 0 Å². The second-order valence-electron chi connectivity index (χ2n) is 1.07. The monoisotopic (exact) mass is 171 g/mol. The lowest BCUT2D eigenvalue weighted by Gasteiger charge is -1.93. The molecule has 62 valence electrons. The lowest BCUT2D eigenvalue weighted by molar-refractivity contribution is -0.196. The van der Waals surface area contributed by atoms with Crippen molar-refractivity contribution in [2.75, 3.05) is 6.61 Å². The maximum atomic E-state index is 9.68. The summed E-state index contributed by atoms with van der Waals surface area (Å²) in [5.41, 5.74) is 0. The number of hydrogen-bond donors (Lipinski definition) is 2. The van der Waals surface area contributed by atoms with Crippen LogP contribution >= 0.6 is 0 Å². The van der Waals surface area contributed by atoms with Crippen molar-refractivity contribution in [1.29, 1.82) is 0 Å². The van der Waals surface area contributed by atoms with E-state index in [4.69, 9.17) is 4.55 Å². The molecule has 0 bridgehead atoms. The minimum Gasteiger partial charge on any atom is -0.344 e. The van der Waals surface area contributed by atoms with Crippen molar-refractivity contribution < 1.29 is 22.2 Å². The van der Waals surface area contributed by atoms with Crippen LogP contribution in [0.5, 0.6) is 0 Å². The molecular weight excluding hydrogens is 162 g/mol. The Morgan fingerprint density at radius 3 is 2.40 bits per heavy atom. The molecule has 0 aliphatic heterocycles. The van der Waals surface area contributed by atoms with Gasteiger partial charge in [-0.15, -0.1) is 6.58 Å². The molecule has 0 amide bonds. The van der Waals surface area contributed by atoms with Crippen molar-refractivity contribution in [1.82, 2.24) is 6.15 Å². The van der Waals surface area contributed by atoms with Gasteiger partial charge in [0.05, 0.1) is 0 Å². The van der Waals surface area contributed by atoms with Gasteiger partial charge in [0.25, 0.3) is 0 Å². The number of hydrogen-bond acceptors (Lipinski definition) is 5. The summed E-state index contributed by atoms with van der Waals surface area (Å²) >= 11 is 0. The van der Waals surface area contributed by atoms with Gasteiger partial charge in [0.1, 0.15) is 6.61 Å². The normalized spacial score (nSPS) is 10.1. The van der Waals surface area contributed by atoms with Gasteiger partial charge < -0.3 is 6.15 Å². The first-order chi connectivity index (χ1) is 4.06. The zero-order valence-corrected chi connectivity index (χ0v) is 6.00. The summed E-state index contributed by atoms with van der Waals surface area (Å²) in [6.07, 6.45) is 1.27. The Morgan fingerprint density at radius 1 is 1.60 bits per heavy atom. The minimum atomic E-state index is -4.47. The Morgan fingerprint density at radius 2 is 2.10 bits per heavy atom. The zero-order valence-electron chi connectivity index (χ0n) is 5.19. The lowest BCUT2D eigenvalue weighted by atomic mass is 10.7. The second kappa shape index (κ2) is 5.33. The molecule has 4 N–H and O–H groups in total. The Hall–Kier alpha value is -0.470. The van der Waals surface area contributed by atoms with Crippen molar-refractivity contribution in [2.24, 2.45) is 0 Å². The summed E-state index contributed by atoms with van der Waals surface area (Å²) in [5, 5.41) is 0. The third kappa shape index (κ3) is 10.5. The average Bonchev–Trinajstić information content (AvgIpc) is 1.63. The van der Waals surface area contributed by atoms with Crippen LogP contribution in [0, 0.1) is 0 Å². The average molecular weight is 171 g/mol. The molecule has 0 radical (unpaired) electrons. The Kier molecular flexibility index (Phi) is 6.51. The summed E-state index contributed by atoms with van der Waals surface area (Å²) in [6.45, 7) is 3.10. The standard InChI is InChI=1S/C3H6O5S.H3N/c1-2-3-7-8-9(4,5)6;/h2H,1,3H2,(H,4,5,6);1H3. The molecular formula is C3H9NO5S. The molecule has 10 heavy (non-hydrogen) atoms. The summed E-state index contributed by atoms with van der Waals surface area (Å²) in [6, 6.07) is 0. The highest BCUT2D eigenvalue weighted by Gasteiger charge is 2.02. The van der Waals surface area contributed by atoms with Crippen LogP contribution in [0.4, 0.5) is 0 Å². The van der Waals surface area contributed by atoms with E-state index in [1.54, 1.807) is 0 Å². The van der Waals surface area contributed by atoms with Crippen LogP contribution in [0.25, 0.3) is 0 Å². The predicted molar refractivity (Wildman–Crippen MR) is 33.8 cm³/mol. The fourth-order valence-corrected chi connectivity index (χ4v) is 0.314. The highest BCUT2D eigenvalue weighted by molar-refractivity contribution is 7.80. The van der Waals surface area contributed by atoms with Gasteiger partial charge >= 0.3 is 10.4 Å². The Bertz CT molecular complexity index is 173. The molecule has 0 saturated heterocycles. The summed E-state index contributed by atoms with van der Waals surface area (Å²) < 4.78 is 30.6. The molecule has 6 nitrogen and oxygen atoms in total. The van der Waals surface area contributed by atoms with Crippen LogP contribution in [-0.2, 0) is 19.6 Å². The molecule has 0 aromatic heterocycles. The highest BCUT2D eigenvalue weighted by Crippen LogP contribution is 1.86. The minimum absolute atomic E-state index is 0. The third-order valence-electron chi connectivity index (χ3n) is 0.320. The van der Waals surface area contributed by atoms with Crippen LogP contribution in [0.1, 0.15) is 0 Å². The van der Waals surface area contributed by atoms with Gasteiger partial charge in [0.2, 0.25) is 0 Å². The van der Waals surface area contributed by atoms with Gasteiger partial charge in [-0.05, 0) is 0 Å². The first kappa shape index (κ1) is 12.2. The molecule has 0 aliphatic rings. The van der Waals surface area contributed by atoms with E-state index in [1.807, 2.05) is 0 Å². The molecule has 0 rings (SSSR count). The van der Waals surface area contributed by atoms with Gasteiger partial charge in [-0.3, -0.25) is 4.55 Å². The van der Waals surface area contributed by atoms with Gasteiger partial charge in [0, 0.05) is 0 Å². The fourth-order valence-electron chi connectivity index (χ4n) is 0.137. The van der Waals surface area contributed by atoms with E-state index in [2.05, 4.69) is 15.8 Å². The molecule has 0 aromatic carbocycles. The van der Waals surface area contributed by atoms with E-state index in [-0.39, 0.29) is 12.8 Å². The van der Waals surface area contributed by atoms with Gasteiger partial charge in [0.15, 0.2) is 0 Å². The third-order valence-corrected chi connectivity index (χ3v) is 0.588. The molecule has 0 atom stereocenters. The first-order valence-electron chi connectivity index (χ1n) is 1.95. The van der Waals surface area contributed by atoms with Crippen molar-refractivity contribution in [3.63, 3.8) is 0 Å². The zero-order chi connectivity index (χ0) is 7.33. The topological polar surface area (TPSA) is 108 Å². The van der Waals surface area contributed by atoms with Crippen LogP contribution in [0.2, 0.25) is 0 Å². The lowest BCUT2D eigenvalue weighted by Crippen LogP contribution is -2.04. The van der Waals surface area contributed by atoms with E-state index in [1.165, 1.54) is 6.08 Å². The molecule has 7 heteroatoms. The molecule has 0 aliphatic carbocycles. The largest absolute Gasteiger partial charge is 0.424 e. The van der Waals surface area contributed by atoms with Crippen molar-refractivity contribution >= 4 is 10.4 Å². The van der Waals surface area contributed by atoms with Crippen LogP contribution in [0.15, 0.2) is 12.7 Å². The summed E-state index contributed by atoms with van der Waals surface area (Å²) in [4.78, 5) is 3.89. The van der Waals surface area contributed by atoms with Crippen LogP contribution in [-0.4, -0.2) is 19.6 Å². The van der Waals surface area contributed by atoms with E-state index in [0.29, 0.717) is 0 Å².